The predicted molar refractivity (Wildman–Crippen MR) is 53.2 cm³/mol. The average Bonchev–Trinajstić information content (AvgIpc) is 2.94. The van der Waals surface area contributed by atoms with Gasteiger partial charge in [0.2, 0.25) is 0 Å². The standard InChI is InChI=1S/C10H14N2O2/c1-13-7-3-4-8(9-6-12(9)11)10(5-7)14-2/h3-5,9H,6,11H2,1-2H3. The van der Waals surface area contributed by atoms with Gasteiger partial charge in [-0.2, -0.15) is 0 Å². The van der Waals surface area contributed by atoms with E-state index in [1.54, 1.807) is 19.2 Å². The second kappa shape index (κ2) is 3.48. The Balaban J connectivity index is 2.30. The van der Waals surface area contributed by atoms with Gasteiger partial charge in [0.1, 0.15) is 11.5 Å². The van der Waals surface area contributed by atoms with E-state index in [4.69, 9.17) is 15.3 Å². The second-order valence-electron chi connectivity index (χ2n) is 3.32. The van der Waals surface area contributed by atoms with Crippen molar-refractivity contribution < 1.29 is 9.47 Å². The molecule has 1 saturated heterocycles. The Hall–Kier alpha value is -1.26. The Morgan fingerprint density at radius 2 is 2.07 bits per heavy atom. The molecule has 0 bridgehead atoms. The van der Waals surface area contributed by atoms with Crippen molar-refractivity contribution in [1.29, 1.82) is 0 Å². The van der Waals surface area contributed by atoms with Crippen LogP contribution in [0, 0.1) is 0 Å². The van der Waals surface area contributed by atoms with E-state index >= 15 is 0 Å². The summed E-state index contributed by atoms with van der Waals surface area (Å²) in [5, 5.41) is 1.77. The van der Waals surface area contributed by atoms with Crippen molar-refractivity contribution in [3.8, 4) is 11.5 Å². The summed E-state index contributed by atoms with van der Waals surface area (Å²) < 4.78 is 10.4. The van der Waals surface area contributed by atoms with Crippen molar-refractivity contribution in [3.63, 3.8) is 0 Å². The first-order valence-corrected chi connectivity index (χ1v) is 4.49. The smallest absolute Gasteiger partial charge is 0.127 e. The number of hydrazine groups is 1. The molecule has 76 valence electrons. The zero-order chi connectivity index (χ0) is 10.1. The lowest BCUT2D eigenvalue weighted by Crippen LogP contribution is -2.06. The molecule has 1 aliphatic heterocycles. The van der Waals surface area contributed by atoms with Crippen molar-refractivity contribution in [1.82, 2.24) is 5.01 Å². The van der Waals surface area contributed by atoms with Crippen LogP contribution in [0.5, 0.6) is 11.5 Å². The molecule has 0 spiro atoms. The molecule has 0 saturated carbocycles. The van der Waals surface area contributed by atoms with Crippen molar-refractivity contribution >= 4 is 0 Å². The molecule has 0 aliphatic carbocycles. The van der Waals surface area contributed by atoms with Crippen LogP contribution in [-0.4, -0.2) is 25.8 Å². The fourth-order valence-electron chi connectivity index (χ4n) is 1.52. The van der Waals surface area contributed by atoms with Crippen LogP contribution in [0.4, 0.5) is 0 Å². The van der Waals surface area contributed by atoms with Gasteiger partial charge in [-0.3, -0.25) is 5.84 Å². The molecule has 0 radical (unpaired) electrons. The van der Waals surface area contributed by atoms with E-state index in [0.717, 1.165) is 23.6 Å². The maximum absolute atomic E-state index is 5.64. The van der Waals surface area contributed by atoms with E-state index in [0.29, 0.717) is 6.04 Å². The van der Waals surface area contributed by atoms with Crippen molar-refractivity contribution in [3.05, 3.63) is 23.8 Å². The number of hydrogen-bond acceptors (Lipinski definition) is 4. The molecule has 1 aromatic rings. The molecule has 2 rings (SSSR count). The molecular formula is C10H14N2O2. The van der Waals surface area contributed by atoms with Gasteiger partial charge in [-0.25, -0.2) is 5.01 Å². The number of nitrogens with zero attached hydrogens (tertiary/aromatic N) is 1. The number of methoxy groups -OCH3 is 2. The summed E-state index contributed by atoms with van der Waals surface area (Å²) in [6.45, 7) is 0.892. The van der Waals surface area contributed by atoms with Crippen LogP contribution >= 0.6 is 0 Å². The summed E-state index contributed by atoms with van der Waals surface area (Å²) in [7, 11) is 3.29. The van der Waals surface area contributed by atoms with Gasteiger partial charge >= 0.3 is 0 Å². The average molecular weight is 194 g/mol. The normalized spacial score (nSPS) is 24.5. The number of nitrogens with two attached hydrogens (primary N) is 1. The van der Waals surface area contributed by atoms with Gasteiger partial charge in [-0.15, -0.1) is 0 Å². The Kier molecular flexibility index (Phi) is 2.31. The molecule has 2 N–H and O–H groups in total. The molecule has 0 aromatic heterocycles. The van der Waals surface area contributed by atoms with Crippen LogP contribution in [-0.2, 0) is 0 Å². The van der Waals surface area contributed by atoms with E-state index in [1.165, 1.54) is 0 Å². The third kappa shape index (κ3) is 1.54. The maximum Gasteiger partial charge on any atom is 0.127 e. The first-order valence-electron chi connectivity index (χ1n) is 4.49. The summed E-state index contributed by atoms with van der Waals surface area (Å²) in [6.07, 6.45) is 0. The van der Waals surface area contributed by atoms with Crippen molar-refractivity contribution in [2.45, 2.75) is 6.04 Å². The molecule has 14 heavy (non-hydrogen) atoms. The molecule has 0 amide bonds. The van der Waals surface area contributed by atoms with E-state index in [9.17, 15) is 0 Å². The Labute approximate surface area is 83.2 Å². The molecule has 1 heterocycles. The Bertz CT molecular complexity index is 341. The summed E-state index contributed by atoms with van der Waals surface area (Å²) in [4.78, 5) is 0. The SMILES string of the molecule is COc1ccc(C2CN2N)c(OC)c1. The third-order valence-electron chi connectivity index (χ3n) is 2.45. The van der Waals surface area contributed by atoms with E-state index in [1.807, 2.05) is 18.2 Å². The van der Waals surface area contributed by atoms with Gasteiger partial charge in [-0.1, -0.05) is 0 Å². The first kappa shape index (κ1) is 9.30. The quantitative estimate of drug-likeness (QED) is 0.574. The highest BCUT2D eigenvalue weighted by molar-refractivity contribution is 5.44. The highest BCUT2D eigenvalue weighted by Crippen LogP contribution is 2.38. The molecular weight excluding hydrogens is 180 g/mol. The molecule has 2 unspecified atom stereocenters. The summed E-state index contributed by atoms with van der Waals surface area (Å²) in [5.41, 5.74) is 1.12. The summed E-state index contributed by atoms with van der Waals surface area (Å²) in [5.74, 6) is 7.28. The molecule has 1 aromatic carbocycles. The van der Waals surface area contributed by atoms with Crippen LogP contribution in [0.15, 0.2) is 18.2 Å². The fourth-order valence-corrected chi connectivity index (χ4v) is 1.52. The number of hydrogen-bond donors (Lipinski definition) is 1. The van der Waals surface area contributed by atoms with E-state index in [-0.39, 0.29) is 0 Å². The van der Waals surface area contributed by atoms with Crippen LogP contribution in [0.1, 0.15) is 11.6 Å². The summed E-state index contributed by atoms with van der Waals surface area (Å²) in [6, 6.07) is 6.09. The lowest BCUT2D eigenvalue weighted by atomic mass is 10.1. The maximum atomic E-state index is 5.64. The zero-order valence-corrected chi connectivity index (χ0v) is 8.36. The highest BCUT2D eigenvalue weighted by atomic mass is 16.5. The van der Waals surface area contributed by atoms with E-state index < -0.39 is 0 Å². The van der Waals surface area contributed by atoms with Crippen molar-refractivity contribution in [2.24, 2.45) is 5.84 Å². The van der Waals surface area contributed by atoms with Crippen LogP contribution < -0.4 is 15.3 Å². The molecule has 4 nitrogen and oxygen atoms in total. The lowest BCUT2D eigenvalue weighted by molar-refractivity contribution is 0.388. The third-order valence-corrected chi connectivity index (χ3v) is 2.45. The van der Waals surface area contributed by atoms with Crippen LogP contribution in [0.2, 0.25) is 0 Å². The van der Waals surface area contributed by atoms with Gasteiger partial charge in [0.05, 0.1) is 20.3 Å². The van der Waals surface area contributed by atoms with E-state index in [2.05, 4.69) is 0 Å². The van der Waals surface area contributed by atoms with Gasteiger partial charge in [0, 0.05) is 18.2 Å². The van der Waals surface area contributed by atoms with Gasteiger partial charge < -0.3 is 9.47 Å². The minimum atomic E-state index is 0.302. The number of benzene rings is 1. The second-order valence-corrected chi connectivity index (χ2v) is 3.32. The van der Waals surface area contributed by atoms with Crippen LogP contribution in [0.25, 0.3) is 0 Å². The number of rotatable bonds is 3. The minimum absolute atomic E-state index is 0.302. The van der Waals surface area contributed by atoms with Gasteiger partial charge in [0.25, 0.3) is 0 Å². The fraction of sp³-hybridized carbons (Fsp3) is 0.400. The molecule has 4 heteroatoms. The molecule has 1 aliphatic rings. The van der Waals surface area contributed by atoms with Gasteiger partial charge in [0.15, 0.2) is 0 Å². The Morgan fingerprint density at radius 3 is 2.57 bits per heavy atom. The topological polar surface area (TPSA) is 47.5 Å². The molecule has 2 atom stereocenters. The highest BCUT2D eigenvalue weighted by Gasteiger charge is 2.34. The number of ether oxygens (including phenoxy) is 2. The van der Waals surface area contributed by atoms with Crippen molar-refractivity contribution in [2.75, 3.05) is 20.8 Å². The lowest BCUT2D eigenvalue weighted by Gasteiger charge is -2.09. The predicted octanol–water partition coefficient (Wildman–Crippen LogP) is 0.934. The first-order chi connectivity index (χ1) is 6.76. The molecule has 1 fully saturated rings. The van der Waals surface area contributed by atoms with Gasteiger partial charge in [-0.05, 0) is 12.1 Å². The largest absolute Gasteiger partial charge is 0.497 e. The Morgan fingerprint density at radius 1 is 1.36 bits per heavy atom. The zero-order valence-electron chi connectivity index (χ0n) is 8.36. The summed E-state index contributed by atoms with van der Waals surface area (Å²) >= 11 is 0. The van der Waals surface area contributed by atoms with Crippen LogP contribution in [0.3, 0.4) is 0 Å². The monoisotopic (exact) mass is 194 g/mol. The minimum Gasteiger partial charge on any atom is -0.497 e.